The number of nitrogens with one attached hydrogen (secondary N) is 1. The second-order valence-corrected chi connectivity index (χ2v) is 7.58. The Bertz CT molecular complexity index is 973. The molecule has 0 saturated heterocycles. The van der Waals surface area contributed by atoms with Gasteiger partial charge in [-0.25, -0.2) is 0 Å². The van der Waals surface area contributed by atoms with Gasteiger partial charge in [-0.1, -0.05) is 12.1 Å². The number of aromatic nitrogens is 4. The predicted octanol–water partition coefficient (Wildman–Crippen LogP) is 4.15. The molecule has 3 rings (SSSR count). The molecule has 0 aliphatic carbocycles. The highest BCUT2D eigenvalue weighted by atomic mass is 79.9. The summed E-state index contributed by atoms with van der Waals surface area (Å²) in [5.41, 5.74) is 5.98. The maximum atomic E-state index is 12.3. The highest BCUT2D eigenvalue weighted by Crippen LogP contribution is 2.21. The molecule has 3 aromatic rings. The van der Waals surface area contributed by atoms with Crippen LogP contribution in [-0.4, -0.2) is 25.5 Å². The second kappa shape index (κ2) is 8.08. The van der Waals surface area contributed by atoms with E-state index >= 15 is 0 Å². The summed E-state index contributed by atoms with van der Waals surface area (Å²) in [4.78, 5) is 12.3. The van der Waals surface area contributed by atoms with Gasteiger partial charge in [-0.05, 0) is 67.4 Å². The van der Waals surface area contributed by atoms with Gasteiger partial charge in [0.05, 0.1) is 28.1 Å². The lowest BCUT2D eigenvalue weighted by atomic mass is 10.2. The van der Waals surface area contributed by atoms with Gasteiger partial charge >= 0.3 is 0 Å². The molecule has 0 saturated carbocycles. The van der Waals surface area contributed by atoms with E-state index in [0.717, 1.165) is 38.5 Å². The van der Waals surface area contributed by atoms with Crippen LogP contribution in [0, 0.1) is 27.7 Å². The van der Waals surface area contributed by atoms with E-state index < -0.39 is 0 Å². The summed E-state index contributed by atoms with van der Waals surface area (Å²) in [6.45, 7) is 9.20. The minimum atomic E-state index is -0.0199. The van der Waals surface area contributed by atoms with Crippen molar-refractivity contribution in [2.45, 2.75) is 47.2 Å². The van der Waals surface area contributed by atoms with Gasteiger partial charge in [-0.2, -0.15) is 10.2 Å². The number of hydrogen-bond donors (Lipinski definition) is 1. The molecule has 142 valence electrons. The molecule has 0 aliphatic rings. The maximum Gasteiger partial charge on any atom is 0.226 e. The molecule has 0 fully saturated rings. The monoisotopic (exact) mass is 429 g/mol. The largest absolute Gasteiger partial charge is 0.326 e. The first kappa shape index (κ1) is 19.4. The number of rotatable bonds is 6. The molecule has 0 atom stereocenters. The van der Waals surface area contributed by atoms with Gasteiger partial charge in [0, 0.05) is 24.3 Å². The number of hydrogen-bond acceptors (Lipinski definition) is 3. The van der Waals surface area contributed by atoms with Crippen molar-refractivity contribution in [3.8, 4) is 0 Å². The molecule has 6 nitrogen and oxygen atoms in total. The number of amides is 1. The number of aryl methyl sites for hydroxylation is 4. The Morgan fingerprint density at radius 1 is 1.11 bits per heavy atom. The van der Waals surface area contributed by atoms with Crippen molar-refractivity contribution in [2.75, 3.05) is 5.32 Å². The number of carbonyl (C=O) groups excluding carboxylic acids is 1. The van der Waals surface area contributed by atoms with Crippen LogP contribution in [0.1, 0.15) is 34.8 Å². The third kappa shape index (κ3) is 4.66. The number of nitrogens with zero attached hydrogens (tertiary/aromatic N) is 4. The van der Waals surface area contributed by atoms with Crippen molar-refractivity contribution in [2.24, 2.45) is 0 Å². The highest BCUT2D eigenvalue weighted by molar-refractivity contribution is 9.10. The van der Waals surface area contributed by atoms with Crippen molar-refractivity contribution in [3.05, 3.63) is 63.1 Å². The standard InChI is InChI=1S/C20H24BrN5O/c1-13-10-14(2)25(23-13)9-8-19(27)22-18-7-5-6-17(11-18)12-26-16(4)20(21)15(3)24-26/h5-7,10-11H,8-9,12H2,1-4H3,(H,22,27). The van der Waals surface area contributed by atoms with Crippen LogP contribution in [0.5, 0.6) is 0 Å². The van der Waals surface area contributed by atoms with Crippen LogP contribution in [0.2, 0.25) is 0 Å². The molecular formula is C20H24BrN5O. The number of anilines is 1. The summed E-state index contributed by atoms with van der Waals surface area (Å²) in [5, 5.41) is 11.9. The molecule has 0 aliphatic heterocycles. The lowest BCUT2D eigenvalue weighted by Gasteiger charge is -2.09. The van der Waals surface area contributed by atoms with Gasteiger partial charge in [0.15, 0.2) is 0 Å². The van der Waals surface area contributed by atoms with Gasteiger partial charge in [-0.15, -0.1) is 0 Å². The van der Waals surface area contributed by atoms with Gasteiger partial charge in [-0.3, -0.25) is 14.2 Å². The second-order valence-electron chi connectivity index (χ2n) is 6.79. The van der Waals surface area contributed by atoms with Crippen LogP contribution in [-0.2, 0) is 17.9 Å². The van der Waals surface area contributed by atoms with Crippen LogP contribution >= 0.6 is 15.9 Å². The third-order valence-electron chi connectivity index (χ3n) is 4.49. The van der Waals surface area contributed by atoms with E-state index in [0.29, 0.717) is 19.5 Å². The average molecular weight is 430 g/mol. The SMILES string of the molecule is Cc1cc(C)n(CCC(=O)Nc2cccc(Cn3nc(C)c(Br)c3C)c2)n1. The minimum Gasteiger partial charge on any atom is -0.326 e. The van der Waals surface area contributed by atoms with Crippen molar-refractivity contribution in [1.82, 2.24) is 19.6 Å². The molecule has 27 heavy (non-hydrogen) atoms. The van der Waals surface area contributed by atoms with Crippen molar-refractivity contribution in [1.29, 1.82) is 0 Å². The van der Waals surface area contributed by atoms with Crippen molar-refractivity contribution < 1.29 is 4.79 Å². The van der Waals surface area contributed by atoms with Crippen LogP contribution in [0.3, 0.4) is 0 Å². The third-order valence-corrected chi connectivity index (χ3v) is 5.64. The molecule has 1 aromatic carbocycles. The van der Waals surface area contributed by atoms with Crippen LogP contribution < -0.4 is 5.32 Å². The van der Waals surface area contributed by atoms with Crippen molar-refractivity contribution in [3.63, 3.8) is 0 Å². The van der Waals surface area contributed by atoms with Gasteiger partial charge in [0.2, 0.25) is 5.91 Å². The molecule has 7 heteroatoms. The Labute approximate surface area is 167 Å². The van der Waals surface area contributed by atoms with Crippen molar-refractivity contribution >= 4 is 27.5 Å². The zero-order valence-electron chi connectivity index (χ0n) is 16.1. The molecule has 0 bridgehead atoms. The maximum absolute atomic E-state index is 12.3. The van der Waals surface area contributed by atoms with E-state index in [1.165, 1.54) is 0 Å². The fourth-order valence-corrected chi connectivity index (χ4v) is 3.37. The van der Waals surface area contributed by atoms with E-state index in [1.54, 1.807) is 0 Å². The van der Waals surface area contributed by atoms with E-state index in [1.807, 2.05) is 67.4 Å². The van der Waals surface area contributed by atoms with E-state index in [2.05, 4.69) is 31.4 Å². The summed E-state index contributed by atoms with van der Waals surface area (Å²) < 4.78 is 4.87. The number of halogens is 1. The predicted molar refractivity (Wildman–Crippen MR) is 110 cm³/mol. The lowest BCUT2D eigenvalue weighted by Crippen LogP contribution is -2.16. The Hall–Kier alpha value is -2.41. The fraction of sp³-hybridized carbons (Fsp3) is 0.350. The molecular weight excluding hydrogens is 406 g/mol. The smallest absolute Gasteiger partial charge is 0.226 e. The summed E-state index contributed by atoms with van der Waals surface area (Å²) >= 11 is 3.56. The summed E-state index contributed by atoms with van der Waals surface area (Å²) in [5.74, 6) is -0.0199. The molecule has 1 N–H and O–H groups in total. The molecule has 1 amide bonds. The first-order valence-corrected chi connectivity index (χ1v) is 9.72. The zero-order chi connectivity index (χ0) is 19.6. The van der Waals surface area contributed by atoms with Gasteiger partial charge in [0.25, 0.3) is 0 Å². The lowest BCUT2D eigenvalue weighted by molar-refractivity contribution is -0.116. The molecule has 2 aromatic heterocycles. The molecule has 0 radical (unpaired) electrons. The van der Waals surface area contributed by atoms with Crippen LogP contribution in [0.4, 0.5) is 5.69 Å². The Kier molecular flexibility index (Phi) is 5.79. The molecule has 0 spiro atoms. The summed E-state index contributed by atoms with van der Waals surface area (Å²) in [7, 11) is 0. The molecule has 2 heterocycles. The minimum absolute atomic E-state index is 0.0199. The first-order valence-electron chi connectivity index (χ1n) is 8.93. The van der Waals surface area contributed by atoms with Crippen LogP contribution in [0.25, 0.3) is 0 Å². The number of benzene rings is 1. The topological polar surface area (TPSA) is 64.7 Å². The fourth-order valence-electron chi connectivity index (χ4n) is 3.08. The summed E-state index contributed by atoms with van der Waals surface area (Å²) in [6, 6.07) is 9.90. The van der Waals surface area contributed by atoms with Gasteiger partial charge in [0.1, 0.15) is 0 Å². The van der Waals surface area contributed by atoms with E-state index in [4.69, 9.17) is 0 Å². The number of carbonyl (C=O) groups is 1. The van der Waals surface area contributed by atoms with Crippen LogP contribution in [0.15, 0.2) is 34.8 Å². The highest BCUT2D eigenvalue weighted by Gasteiger charge is 2.10. The van der Waals surface area contributed by atoms with E-state index in [9.17, 15) is 4.79 Å². The van der Waals surface area contributed by atoms with E-state index in [-0.39, 0.29) is 5.91 Å². The average Bonchev–Trinajstić information content (AvgIpc) is 3.06. The quantitative estimate of drug-likeness (QED) is 0.639. The van der Waals surface area contributed by atoms with Gasteiger partial charge < -0.3 is 5.32 Å². The Morgan fingerprint density at radius 2 is 1.89 bits per heavy atom. The zero-order valence-corrected chi connectivity index (χ0v) is 17.7. The Morgan fingerprint density at radius 3 is 2.52 bits per heavy atom. The molecule has 0 unspecified atom stereocenters. The normalized spacial score (nSPS) is 11.0. The first-order chi connectivity index (χ1) is 12.8. The Balaban J connectivity index is 1.62. The summed E-state index contributed by atoms with van der Waals surface area (Å²) in [6.07, 6.45) is 0.386.